The molecule has 5 nitrogen and oxygen atoms in total. The molecule has 25 heavy (non-hydrogen) atoms. The van der Waals surface area contributed by atoms with Gasteiger partial charge in [-0.2, -0.15) is 5.10 Å². The molecule has 0 heterocycles. The maximum Gasteiger partial charge on any atom is 0.259 e. The van der Waals surface area contributed by atoms with Gasteiger partial charge in [0.2, 0.25) is 0 Å². The number of carbonyl (C=O) groups is 1. The SMILES string of the molecule is CCOc1ccc(C=NNC(=O)CNc2cc(Br)c(C)c(Br)c2)cc1. The van der Waals surface area contributed by atoms with Crippen LogP contribution in [0.3, 0.4) is 0 Å². The van der Waals surface area contributed by atoms with Crippen LogP contribution in [-0.4, -0.2) is 25.3 Å². The Morgan fingerprint density at radius 1 is 1.20 bits per heavy atom. The van der Waals surface area contributed by atoms with E-state index in [2.05, 4.69) is 47.7 Å². The summed E-state index contributed by atoms with van der Waals surface area (Å²) < 4.78 is 7.31. The van der Waals surface area contributed by atoms with Crippen molar-refractivity contribution in [1.82, 2.24) is 5.43 Å². The van der Waals surface area contributed by atoms with E-state index in [0.717, 1.165) is 31.5 Å². The van der Waals surface area contributed by atoms with Gasteiger partial charge in [-0.3, -0.25) is 4.79 Å². The zero-order chi connectivity index (χ0) is 18.2. The van der Waals surface area contributed by atoms with E-state index in [1.165, 1.54) is 0 Å². The first-order valence-corrected chi connectivity index (χ1v) is 9.32. The van der Waals surface area contributed by atoms with E-state index < -0.39 is 0 Å². The van der Waals surface area contributed by atoms with Gasteiger partial charge in [-0.15, -0.1) is 0 Å². The molecule has 2 rings (SSSR count). The van der Waals surface area contributed by atoms with Crippen molar-refractivity contribution in [1.29, 1.82) is 0 Å². The first kappa shape index (κ1) is 19.5. The molecule has 0 bridgehead atoms. The van der Waals surface area contributed by atoms with Gasteiger partial charge >= 0.3 is 0 Å². The van der Waals surface area contributed by atoms with Crippen molar-refractivity contribution in [3.63, 3.8) is 0 Å². The van der Waals surface area contributed by atoms with Gasteiger partial charge in [-0.25, -0.2) is 5.43 Å². The Balaban J connectivity index is 1.82. The maximum atomic E-state index is 11.9. The van der Waals surface area contributed by atoms with Crippen LogP contribution in [0.1, 0.15) is 18.1 Å². The Bertz CT molecular complexity index is 738. The number of carbonyl (C=O) groups excluding carboxylic acids is 1. The Kier molecular flexibility index (Phi) is 7.46. The number of anilines is 1. The summed E-state index contributed by atoms with van der Waals surface area (Å²) in [6.45, 7) is 4.69. The molecular weight excluding hydrogens is 450 g/mol. The number of hydrazone groups is 1. The predicted octanol–water partition coefficient (Wildman–Crippen LogP) is 4.48. The first-order chi connectivity index (χ1) is 12.0. The summed E-state index contributed by atoms with van der Waals surface area (Å²) >= 11 is 6.97. The van der Waals surface area contributed by atoms with E-state index in [9.17, 15) is 4.79 Å². The Morgan fingerprint density at radius 2 is 1.84 bits per heavy atom. The zero-order valence-corrected chi connectivity index (χ0v) is 17.1. The van der Waals surface area contributed by atoms with Crippen LogP contribution in [0, 0.1) is 6.92 Å². The van der Waals surface area contributed by atoms with Crippen LogP contribution in [0.2, 0.25) is 0 Å². The first-order valence-electron chi connectivity index (χ1n) is 7.74. The highest BCUT2D eigenvalue weighted by Gasteiger charge is 2.05. The Labute approximate surface area is 164 Å². The van der Waals surface area contributed by atoms with Crippen LogP contribution in [0.25, 0.3) is 0 Å². The number of amides is 1. The molecular formula is C18H19Br2N3O2. The second-order valence-corrected chi connectivity index (χ2v) is 6.92. The minimum Gasteiger partial charge on any atom is -0.494 e. The van der Waals surface area contributed by atoms with Crippen LogP contribution >= 0.6 is 31.9 Å². The molecule has 0 fully saturated rings. The lowest BCUT2D eigenvalue weighted by Gasteiger charge is -2.09. The number of nitrogens with zero attached hydrogens (tertiary/aromatic N) is 1. The van der Waals surface area contributed by atoms with Gasteiger partial charge in [-0.05, 0) is 61.4 Å². The minimum absolute atomic E-state index is 0.128. The number of benzene rings is 2. The van der Waals surface area contributed by atoms with Gasteiger partial charge in [0, 0.05) is 14.6 Å². The van der Waals surface area contributed by atoms with Crippen molar-refractivity contribution in [2.45, 2.75) is 13.8 Å². The fraction of sp³-hybridized carbons (Fsp3) is 0.222. The molecule has 0 aliphatic rings. The second-order valence-electron chi connectivity index (χ2n) is 5.21. The molecule has 2 N–H and O–H groups in total. The summed E-state index contributed by atoms with van der Waals surface area (Å²) in [5.74, 6) is 0.582. The van der Waals surface area contributed by atoms with Gasteiger partial charge in [0.1, 0.15) is 5.75 Å². The number of ether oxygens (including phenoxy) is 1. The molecule has 1 amide bonds. The lowest BCUT2D eigenvalue weighted by atomic mass is 10.2. The van der Waals surface area contributed by atoms with Crippen molar-refractivity contribution in [3.8, 4) is 5.75 Å². The molecule has 132 valence electrons. The Morgan fingerprint density at radius 3 is 2.44 bits per heavy atom. The second kappa shape index (κ2) is 9.58. The van der Waals surface area contributed by atoms with Crippen LogP contribution in [0.5, 0.6) is 5.75 Å². The molecule has 0 aliphatic heterocycles. The van der Waals surface area contributed by atoms with Gasteiger partial charge in [-0.1, -0.05) is 31.9 Å². The van der Waals surface area contributed by atoms with E-state index in [1.54, 1.807) is 6.21 Å². The maximum absolute atomic E-state index is 11.9. The van der Waals surface area contributed by atoms with Crippen LogP contribution in [-0.2, 0) is 4.79 Å². The standard InChI is InChI=1S/C18H19Br2N3O2/c1-3-25-15-6-4-13(5-7-15)10-22-23-18(24)11-21-14-8-16(19)12(2)17(20)9-14/h4-10,21H,3,11H2,1-2H3,(H,23,24). The normalized spacial score (nSPS) is 10.7. The fourth-order valence-electron chi connectivity index (χ4n) is 1.96. The largest absolute Gasteiger partial charge is 0.494 e. The van der Waals surface area contributed by atoms with Crippen LogP contribution in [0.15, 0.2) is 50.4 Å². The smallest absolute Gasteiger partial charge is 0.259 e. The average Bonchev–Trinajstić information content (AvgIpc) is 2.59. The zero-order valence-electron chi connectivity index (χ0n) is 14.0. The number of rotatable bonds is 7. The van der Waals surface area contributed by atoms with Crippen molar-refractivity contribution < 1.29 is 9.53 Å². The molecule has 0 saturated heterocycles. The molecule has 0 aromatic heterocycles. The summed E-state index contributed by atoms with van der Waals surface area (Å²) in [7, 11) is 0. The molecule has 0 spiro atoms. The number of nitrogens with one attached hydrogen (secondary N) is 2. The topological polar surface area (TPSA) is 62.7 Å². The molecule has 2 aromatic rings. The third-order valence-electron chi connectivity index (χ3n) is 3.33. The van der Waals surface area contributed by atoms with E-state index in [-0.39, 0.29) is 12.5 Å². The highest BCUT2D eigenvalue weighted by molar-refractivity contribution is 9.11. The van der Waals surface area contributed by atoms with E-state index in [0.29, 0.717) is 6.61 Å². The molecule has 2 aromatic carbocycles. The third-order valence-corrected chi connectivity index (χ3v) is 4.98. The summed E-state index contributed by atoms with van der Waals surface area (Å²) in [5.41, 5.74) is 5.32. The predicted molar refractivity (Wildman–Crippen MR) is 108 cm³/mol. The van der Waals surface area contributed by atoms with E-state index in [4.69, 9.17) is 4.74 Å². The average molecular weight is 469 g/mol. The van der Waals surface area contributed by atoms with Gasteiger partial charge in [0.05, 0.1) is 19.4 Å². The summed E-state index contributed by atoms with van der Waals surface area (Å²) in [4.78, 5) is 11.9. The third kappa shape index (κ3) is 6.17. The number of hydrogen-bond donors (Lipinski definition) is 2. The quantitative estimate of drug-likeness (QED) is 0.465. The number of hydrogen-bond acceptors (Lipinski definition) is 4. The molecule has 7 heteroatoms. The summed E-state index contributed by atoms with van der Waals surface area (Å²) in [6.07, 6.45) is 1.59. The van der Waals surface area contributed by atoms with Crippen LogP contribution < -0.4 is 15.5 Å². The van der Waals surface area contributed by atoms with Crippen molar-refractivity contribution in [2.24, 2.45) is 5.10 Å². The fourth-order valence-corrected chi connectivity index (χ4v) is 3.15. The molecule has 0 saturated carbocycles. The monoisotopic (exact) mass is 467 g/mol. The molecule has 0 atom stereocenters. The summed E-state index contributed by atoms with van der Waals surface area (Å²) in [5, 5.41) is 7.02. The minimum atomic E-state index is -0.227. The van der Waals surface area contributed by atoms with E-state index in [1.807, 2.05) is 50.2 Å². The van der Waals surface area contributed by atoms with Crippen molar-refractivity contribution in [3.05, 3.63) is 56.5 Å². The molecule has 0 aliphatic carbocycles. The number of halogens is 2. The lowest BCUT2D eigenvalue weighted by Crippen LogP contribution is -2.25. The van der Waals surface area contributed by atoms with Gasteiger partial charge < -0.3 is 10.1 Å². The van der Waals surface area contributed by atoms with Crippen LogP contribution in [0.4, 0.5) is 5.69 Å². The summed E-state index contributed by atoms with van der Waals surface area (Å²) in [6, 6.07) is 11.3. The van der Waals surface area contributed by atoms with Crippen molar-refractivity contribution >= 4 is 49.7 Å². The lowest BCUT2D eigenvalue weighted by molar-refractivity contribution is -0.119. The van der Waals surface area contributed by atoms with Gasteiger partial charge in [0.15, 0.2) is 0 Å². The highest BCUT2D eigenvalue weighted by atomic mass is 79.9. The van der Waals surface area contributed by atoms with E-state index >= 15 is 0 Å². The van der Waals surface area contributed by atoms with Gasteiger partial charge in [0.25, 0.3) is 5.91 Å². The highest BCUT2D eigenvalue weighted by Crippen LogP contribution is 2.28. The van der Waals surface area contributed by atoms with Crippen molar-refractivity contribution in [2.75, 3.05) is 18.5 Å². The molecule has 0 radical (unpaired) electrons. The Hall–Kier alpha value is -1.86. The molecule has 0 unspecified atom stereocenters.